The van der Waals surface area contributed by atoms with E-state index in [2.05, 4.69) is 0 Å². The molecular weight excluding hydrogens is 232 g/mol. The Labute approximate surface area is 105 Å². The van der Waals surface area contributed by atoms with Crippen molar-refractivity contribution in [3.05, 3.63) is 33.9 Å². The van der Waals surface area contributed by atoms with E-state index in [0.29, 0.717) is 12.4 Å². The van der Waals surface area contributed by atoms with Crippen LogP contribution in [0.25, 0.3) is 0 Å². The molecule has 1 aromatic rings. The van der Waals surface area contributed by atoms with E-state index in [1.54, 1.807) is 0 Å². The van der Waals surface area contributed by atoms with Crippen LogP contribution in [0.4, 0.5) is 5.69 Å². The van der Waals surface area contributed by atoms with Crippen LogP contribution in [0.5, 0.6) is 5.75 Å². The van der Waals surface area contributed by atoms with Crippen molar-refractivity contribution >= 4 is 5.69 Å². The van der Waals surface area contributed by atoms with Crippen molar-refractivity contribution in [3.8, 4) is 11.8 Å². The highest BCUT2D eigenvalue weighted by atomic mass is 16.6. The second kappa shape index (κ2) is 5.50. The van der Waals surface area contributed by atoms with Gasteiger partial charge >= 0.3 is 0 Å². The summed E-state index contributed by atoms with van der Waals surface area (Å²) in [4.78, 5) is 10.1. The van der Waals surface area contributed by atoms with Crippen LogP contribution >= 0.6 is 0 Å². The molecular formula is C13H14N2O3. The van der Waals surface area contributed by atoms with E-state index in [1.807, 2.05) is 6.07 Å². The largest absolute Gasteiger partial charge is 0.492 e. The van der Waals surface area contributed by atoms with E-state index in [9.17, 15) is 10.1 Å². The van der Waals surface area contributed by atoms with Crippen molar-refractivity contribution in [2.75, 3.05) is 6.61 Å². The molecule has 0 N–H and O–H groups in total. The predicted molar refractivity (Wildman–Crippen MR) is 65.3 cm³/mol. The highest BCUT2D eigenvalue weighted by molar-refractivity contribution is 5.50. The number of ether oxygens (including phenoxy) is 1. The quantitative estimate of drug-likeness (QED) is 0.591. The van der Waals surface area contributed by atoms with Crippen LogP contribution in [0, 0.1) is 27.4 Å². The molecule has 1 aliphatic carbocycles. The standard InChI is InChI=1S/C13H14N2O3/c14-9-11-8-12(15(16)17)4-5-13(11)18-7-6-10-2-1-3-10/h4-5,8,10H,1-3,6-7H2. The fourth-order valence-corrected chi connectivity index (χ4v) is 1.96. The third-order valence-electron chi connectivity index (χ3n) is 3.30. The van der Waals surface area contributed by atoms with Gasteiger partial charge in [-0.1, -0.05) is 19.3 Å². The van der Waals surface area contributed by atoms with Gasteiger partial charge in [0.05, 0.1) is 11.5 Å². The van der Waals surface area contributed by atoms with Gasteiger partial charge in [-0.25, -0.2) is 0 Å². The van der Waals surface area contributed by atoms with Crippen LogP contribution in [0.3, 0.4) is 0 Å². The number of rotatable bonds is 5. The lowest BCUT2D eigenvalue weighted by molar-refractivity contribution is -0.384. The molecule has 0 heterocycles. The molecule has 1 aromatic carbocycles. The van der Waals surface area contributed by atoms with Gasteiger partial charge in [0.1, 0.15) is 17.4 Å². The maximum absolute atomic E-state index is 10.6. The Morgan fingerprint density at radius 2 is 2.28 bits per heavy atom. The minimum absolute atomic E-state index is 0.0853. The number of nitro benzene ring substituents is 1. The van der Waals surface area contributed by atoms with Crippen LogP contribution in [0.2, 0.25) is 0 Å². The molecule has 1 fully saturated rings. The average molecular weight is 246 g/mol. The summed E-state index contributed by atoms with van der Waals surface area (Å²) >= 11 is 0. The fraction of sp³-hybridized carbons (Fsp3) is 0.462. The summed E-state index contributed by atoms with van der Waals surface area (Å²) in [6.45, 7) is 0.567. The Morgan fingerprint density at radius 1 is 1.50 bits per heavy atom. The van der Waals surface area contributed by atoms with E-state index in [1.165, 1.54) is 37.5 Å². The third-order valence-corrected chi connectivity index (χ3v) is 3.30. The molecule has 5 nitrogen and oxygen atoms in total. The first-order chi connectivity index (χ1) is 8.70. The zero-order valence-corrected chi connectivity index (χ0v) is 9.96. The molecule has 1 aliphatic rings. The molecule has 0 aliphatic heterocycles. The van der Waals surface area contributed by atoms with Crippen molar-refractivity contribution < 1.29 is 9.66 Å². The molecule has 94 valence electrons. The molecule has 0 atom stereocenters. The Balaban J connectivity index is 1.98. The van der Waals surface area contributed by atoms with E-state index in [0.717, 1.165) is 12.3 Å². The van der Waals surface area contributed by atoms with E-state index >= 15 is 0 Å². The van der Waals surface area contributed by atoms with E-state index in [4.69, 9.17) is 10.00 Å². The first-order valence-electron chi connectivity index (χ1n) is 6.02. The summed E-state index contributed by atoms with van der Waals surface area (Å²) in [6, 6.07) is 6.03. The molecule has 5 heteroatoms. The first-order valence-corrected chi connectivity index (χ1v) is 6.02. The third kappa shape index (κ3) is 2.77. The summed E-state index contributed by atoms with van der Waals surface area (Å²) in [6.07, 6.45) is 4.80. The lowest BCUT2D eigenvalue weighted by atomic mass is 9.83. The van der Waals surface area contributed by atoms with Gasteiger partial charge < -0.3 is 4.74 Å². The number of nitro groups is 1. The Hall–Kier alpha value is -2.09. The molecule has 0 radical (unpaired) electrons. The summed E-state index contributed by atoms with van der Waals surface area (Å²) in [5.74, 6) is 1.18. The monoisotopic (exact) mass is 246 g/mol. The van der Waals surface area contributed by atoms with Gasteiger partial charge in [-0.2, -0.15) is 5.26 Å². The van der Waals surface area contributed by atoms with Gasteiger partial charge in [0.2, 0.25) is 0 Å². The van der Waals surface area contributed by atoms with Crippen molar-refractivity contribution in [1.29, 1.82) is 5.26 Å². The van der Waals surface area contributed by atoms with E-state index in [-0.39, 0.29) is 11.3 Å². The lowest BCUT2D eigenvalue weighted by Crippen LogP contribution is -2.14. The normalized spacial score (nSPS) is 14.6. The molecule has 0 bridgehead atoms. The number of hydrogen-bond acceptors (Lipinski definition) is 4. The van der Waals surface area contributed by atoms with Crippen LogP contribution in [-0.4, -0.2) is 11.5 Å². The van der Waals surface area contributed by atoms with Crippen molar-refractivity contribution in [3.63, 3.8) is 0 Å². The number of non-ortho nitro benzene ring substituents is 1. The van der Waals surface area contributed by atoms with Crippen molar-refractivity contribution in [1.82, 2.24) is 0 Å². The molecule has 18 heavy (non-hydrogen) atoms. The van der Waals surface area contributed by atoms with E-state index < -0.39 is 4.92 Å². The smallest absolute Gasteiger partial charge is 0.271 e. The summed E-state index contributed by atoms with van der Waals surface area (Å²) in [5, 5.41) is 19.5. The highest BCUT2D eigenvalue weighted by Crippen LogP contribution is 2.30. The van der Waals surface area contributed by atoms with Crippen molar-refractivity contribution in [2.24, 2.45) is 5.92 Å². The summed E-state index contributed by atoms with van der Waals surface area (Å²) in [5.41, 5.74) is 0.135. The van der Waals surface area contributed by atoms with Gasteiger partial charge in [-0.05, 0) is 18.4 Å². The second-order valence-electron chi connectivity index (χ2n) is 4.48. The lowest BCUT2D eigenvalue weighted by Gasteiger charge is -2.25. The predicted octanol–water partition coefficient (Wildman–Crippen LogP) is 3.04. The number of nitriles is 1. The molecule has 2 rings (SSSR count). The molecule has 0 saturated heterocycles. The summed E-state index contributed by atoms with van der Waals surface area (Å²) < 4.78 is 5.52. The van der Waals surface area contributed by atoms with Crippen LogP contribution in [-0.2, 0) is 0 Å². The minimum atomic E-state index is -0.515. The van der Waals surface area contributed by atoms with Gasteiger partial charge in [-0.3, -0.25) is 10.1 Å². The molecule has 1 saturated carbocycles. The maximum Gasteiger partial charge on any atom is 0.271 e. The van der Waals surface area contributed by atoms with Crippen LogP contribution in [0.15, 0.2) is 18.2 Å². The van der Waals surface area contributed by atoms with Gasteiger partial charge in [0.15, 0.2) is 0 Å². The summed E-state index contributed by atoms with van der Waals surface area (Å²) in [7, 11) is 0. The van der Waals surface area contributed by atoms with Crippen molar-refractivity contribution in [2.45, 2.75) is 25.7 Å². The number of nitrogens with zero attached hydrogens (tertiary/aromatic N) is 2. The van der Waals surface area contributed by atoms with Gasteiger partial charge in [0.25, 0.3) is 5.69 Å². The first kappa shape index (κ1) is 12.4. The zero-order chi connectivity index (χ0) is 13.0. The maximum atomic E-state index is 10.6. The zero-order valence-electron chi connectivity index (χ0n) is 9.96. The number of hydrogen-bond donors (Lipinski definition) is 0. The molecule has 0 unspecified atom stereocenters. The molecule has 0 aromatic heterocycles. The fourth-order valence-electron chi connectivity index (χ4n) is 1.96. The average Bonchev–Trinajstić information content (AvgIpc) is 2.32. The Bertz CT molecular complexity index is 489. The topological polar surface area (TPSA) is 76.2 Å². The Kier molecular flexibility index (Phi) is 3.78. The minimum Gasteiger partial charge on any atom is -0.492 e. The Morgan fingerprint density at radius 3 is 2.83 bits per heavy atom. The van der Waals surface area contributed by atoms with Gasteiger partial charge in [0, 0.05) is 12.1 Å². The number of benzene rings is 1. The van der Waals surface area contributed by atoms with Crippen LogP contribution in [0.1, 0.15) is 31.2 Å². The molecule has 0 spiro atoms. The second-order valence-corrected chi connectivity index (χ2v) is 4.48. The highest BCUT2D eigenvalue weighted by Gasteiger charge is 2.17. The van der Waals surface area contributed by atoms with Gasteiger partial charge in [-0.15, -0.1) is 0 Å². The molecule has 0 amide bonds. The van der Waals surface area contributed by atoms with Crippen LogP contribution < -0.4 is 4.74 Å². The SMILES string of the molecule is N#Cc1cc([N+](=O)[O-])ccc1OCCC1CCC1.